The van der Waals surface area contributed by atoms with Crippen molar-refractivity contribution in [3.63, 3.8) is 0 Å². The number of hydrogen-bond donors (Lipinski definition) is 1. The zero-order valence-electron chi connectivity index (χ0n) is 13.4. The molecule has 0 atom stereocenters. The lowest BCUT2D eigenvalue weighted by atomic mass is 9.78. The van der Waals surface area contributed by atoms with Crippen LogP contribution in [0.25, 0.3) is 0 Å². The Morgan fingerprint density at radius 2 is 1.95 bits per heavy atom. The molecular weight excluding hydrogens is 260 g/mol. The Morgan fingerprint density at radius 1 is 1.19 bits per heavy atom. The van der Waals surface area contributed by atoms with E-state index in [2.05, 4.69) is 48.3 Å². The van der Waals surface area contributed by atoms with E-state index in [1.54, 1.807) is 0 Å². The van der Waals surface area contributed by atoms with Gasteiger partial charge in [-0.15, -0.1) is 0 Å². The van der Waals surface area contributed by atoms with Gasteiger partial charge >= 0.3 is 0 Å². The number of ether oxygens (including phenoxy) is 1. The summed E-state index contributed by atoms with van der Waals surface area (Å²) in [7, 11) is 0. The second kappa shape index (κ2) is 6.37. The van der Waals surface area contributed by atoms with E-state index in [0.717, 1.165) is 12.3 Å². The fourth-order valence-corrected chi connectivity index (χ4v) is 3.77. The van der Waals surface area contributed by atoms with Crippen molar-refractivity contribution >= 4 is 0 Å². The SMILES string of the molecule is CC(C)Oc1ccccc1CN1CCC2(CCNCC2)C1. The number of benzene rings is 1. The van der Waals surface area contributed by atoms with Crippen LogP contribution in [0.5, 0.6) is 5.75 Å². The van der Waals surface area contributed by atoms with E-state index in [1.165, 1.54) is 51.0 Å². The van der Waals surface area contributed by atoms with Gasteiger partial charge in [-0.3, -0.25) is 4.90 Å². The van der Waals surface area contributed by atoms with Crippen LogP contribution in [0.1, 0.15) is 38.7 Å². The molecule has 116 valence electrons. The van der Waals surface area contributed by atoms with Crippen molar-refractivity contribution in [2.75, 3.05) is 26.2 Å². The van der Waals surface area contributed by atoms with Gasteiger partial charge < -0.3 is 10.1 Å². The number of likely N-dealkylation sites (tertiary alicyclic amines) is 1. The van der Waals surface area contributed by atoms with Gasteiger partial charge in [-0.25, -0.2) is 0 Å². The van der Waals surface area contributed by atoms with Crippen molar-refractivity contribution in [1.29, 1.82) is 0 Å². The molecule has 0 amide bonds. The van der Waals surface area contributed by atoms with Gasteiger partial charge in [0.15, 0.2) is 0 Å². The lowest BCUT2D eigenvalue weighted by Crippen LogP contribution is -2.38. The Morgan fingerprint density at radius 3 is 2.71 bits per heavy atom. The minimum absolute atomic E-state index is 0.237. The number of rotatable bonds is 4. The molecule has 1 aromatic carbocycles. The minimum Gasteiger partial charge on any atom is -0.491 e. The van der Waals surface area contributed by atoms with Crippen LogP contribution >= 0.6 is 0 Å². The Kier molecular flexibility index (Phi) is 4.51. The Labute approximate surface area is 128 Å². The van der Waals surface area contributed by atoms with E-state index in [-0.39, 0.29) is 6.10 Å². The van der Waals surface area contributed by atoms with Crippen molar-refractivity contribution in [1.82, 2.24) is 10.2 Å². The van der Waals surface area contributed by atoms with Crippen LogP contribution in [-0.2, 0) is 6.54 Å². The van der Waals surface area contributed by atoms with Gasteiger partial charge in [0.2, 0.25) is 0 Å². The fourth-order valence-electron chi connectivity index (χ4n) is 3.77. The Bertz CT molecular complexity index is 466. The molecule has 2 aliphatic rings. The highest BCUT2D eigenvalue weighted by Crippen LogP contribution is 2.39. The molecule has 2 heterocycles. The predicted molar refractivity (Wildman–Crippen MR) is 86.6 cm³/mol. The highest BCUT2D eigenvalue weighted by atomic mass is 16.5. The first-order valence-corrected chi connectivity index (χ1v) is 8.35. The van der Waals surface area contributed by atoms with Crippen molar-refractivity contribution in [2.24, 2.45) is 5.41 Å². The summed E-state index contributed by atoms with van der Waals surface area (Å²) < 4.78 is 5.96. The average molecular weight is 288 g/mol. The maximum Gasteiger partial charge on any atom is 0.124 e. The van der Waals surface area contributed by atoms with Gasteiger partial charge in [-0.1, -0.05) is 18.2 Å². The molecule has 0 unspecified atom stereocenters. The fraction of sp³-hybridized carbons (Fsp3) is 0.667. The summed E-state index contributed by atoms with van der Waals surface area (Å²) >= 11 is 0. The highest BCUT2D eigenvalue weighted by molar-refractivity contribution is 5.33. The van der Waals surface area contributed by atoms with Gasteiger partial charge in [0, 0.05) is 18.7 Å². The summed E-state index contributed by atoms with van der Waals surface area (Å²) in [6.07, 6.45) is 4.28. The molecule has 1 aromatic rings. The summed E-state index contributed by atoms with van der Waals surface area (Å²) in [5.41, 5.74) is 1.91. The smallest absolute Gasteiger partial charge is 0.124 e. The molecule has 0 aliphatic carbocycles. The first-order chi connectivity index (χ1) is 10.2. The maximum atomic E-state index is 5.96. The molecule has 3 rings (SSSR count). The first-order valence-electron chi connectivity index (χ1n) is 8.35. The minimum atomic E-state index is 0.237. The normalized spacial score (nSPS) is 22.0. The van der Waals surface area contributed by atoms with Crippen LogP contribution in [0.15, 0.2) is 24.3 Å². The van der Waals surface area contributed by atoms with Gasteiger partial charge in [-0.05, 0) is 64.2 Å². The van der Waals surface area contributed by atoms with Crippen LogP contribution in [0.3, 0.4) is 0 Å². The van der Waals surface area contributed by atoms with Crippen molar-refractivity contribution in [3.8, 4) is 5.75 Å². The second-order valence-corrected chi connectivity index (χ2v) is 6.98. The van der Waals surface area contributed by atoms with E-state index < -0.39 is 0 Å². The zero-order chi connectivity index (χ0) is 14.7. The zero-order valence-corrected chi connectivity index (χ0v) is 13.4. The number of nitrogens with one attached hydrogen (secondary N) is 1. The average Bonchev–Trinajstić information content (AvgIpc) is 2.84. The highest BCUT2D eigenvalue weighted by Gasteiger charge is 2.38. The number of piperidine rings is 1. The van der Waals surface area contributed by atoms with E-state index in [1.807, 2.05) is 0 Å². The molecule has 1 N–H and O–H groups in total. The number of para-hydroxylation sites is 1. The summed E-state index contributed by atoms with van der Waals surface area (Å²) in [4.78, 5) is 2.62. The summed E-state index contributed by atoms with van der Waals surface area (Å²) in [6.45, 7) is 10.1. The molecule has 2 fully saturated rings. The van der Waals surface area contributed by atoms with Gasteiger partial charge in [0.05, 0.1) is 6.10 Å². The summed E-state index contributed by atoms with van der Waals surface area (Å²) in [5, 5.41) is 3.49. The monoisotopic (exact) mass is 288 g/mol. The third kappa shape index (κ3) is 3.58. The second-order valence-electron chi connectivity index (χ2n) is 6.98. The van der Waals surface area contributed by atoms with Gasteiger partial charge in [0.1, 0.15) is 5.75 Å². The van der Waals surface area contributed by atoms with Crippen molar-refractivity contribution in [2.45, 2.75) is 45.8 Å². The molecule has 21 heavy (non-hydrogen) atoms. The summed E-state index contributed by atoms with van der Waals surface area (Å²) in [6, 6.07) is 8.51. The van der Waals surface area contributed by atoms with Crippen LogP contribution < -0.4 is 10.1 Å². The third-order valence-corrected chi connectivity index (χ3v) is 4.91. The Hall–Kier alpha value is -1.06. The van der Waals surface area contributed by atoms with E-state index in [4.69, 9.17) is 4.74 Å². The largest absolute Gasteiger partial charge is 0.491 e. The van der Waals surface area contributed by atoms with Crippen LogP contribution in [0.4, 0.5) is 0 Å². The molecule has 0 bridgehead atoms. The van der Waals surface area contributed by atoms with Crippen molar-refractivity contribution < 1.29 is 4.74 Å². The first kappa shape index (κ1) is 14.9. The van der Waals surface area contributed by atoms with Crippen LogP contribution in [0.2, 0.25) is 0 Å². The van der Waals surface area contributed by atoms with E-state index in [0.29, 0.717) is 5.41 Å². The van der Waals surface area contributed by atoms with Gasteiger partial charge in [-0.2, -0.15) is 0 Å². The van der Waals surface area contributed by atoms with Gasteiger partial charge in [0.25, 0.3) is 0 Å². The molecular formula is C18H28N2O. The number of nitrogens with zero attached hydrogens (tertiary/aromatic N) is 1. The Balaban J connectivity index is 1.65. The molecule has 2 saturated heterocycles. The third-order valence-electron chi connectivity index (χ3n) is 4.91. The lowest BCUT2D eigenvalue weighted by Gasteiger charge is -2.34. The molecule has 2 aliphatic heterocycles. The van der Waals surface area contributed by atoms with E-state index in [9.17, 15) is 0 Å². The quantitative estimate of drug-likeness (QED) is 0.921. The van der Waals surface area contributed by atoms with Crippen molar-refractivity contribution in [3.05, 3.63) is 29.8 Å². The topological polar surface area (TPSA) is 24.5 Å². The number of hydrogen-bond acceptors (Lipinski definition) is 3. The molecule has 0 aromatic heterocycles. The standard InChI is InChI=1S/C18H28N2O/c1-15(2)21-17-6-4-3-5-16(17)13-20-12-9-18(14-20)7-10-19-11-8-18/h3-6,15,19H,7-14H2,1-2H3. The molecule has 1 spiro atoms. The molecule has 0 saturated carbocycles. The predicted octanol–water partition coefficient (Wildman–Crippen LogP) is 3.05. The maximum absolute atomic E-state index is 5.96. The molecule has 0 radical (unpaired) electrons. The summed E-state index contributed by atoms with van der Waals surface area (Å²) in [5.74, 6) is 1.05. The molecule has 3 nitrogen and oxygen atoms in total. The lowest BCUT2D eigenvalue weighted by molar-refractivity contribution is 0.191. The molecule has 3 heteroatoms. The van der Waals surface area contributed by atoms with E-state index >= 15 is 0 Å². The van der Waals surface area contributed by atoms with Crippen LogP contribution in [-0.4, -0.2) is 37.2 Å². The van der Waals surface area contributed by atoms with Crippen LogP contribution in [0, 0.1) is 5.41 Å².